The molecule has 0 radical (unpaired) electrons. The van der Waals surface area contributed by atoms with Crippen molar-refractivity contribution in [2.45, 2.75) is 32.3 Å². The molecule has 6 rings (SSSR count). The summed E-state index contributed by atoms with van der Waals surface area (Å²) >= 11 is 0. The van der Waals surface area contributed by atoms with E-state index in [9.17, 15) is 5.11 Å². The Morgan fingerprint density at radius 3 is 2.75 bits per heavy atom. The molecule has 2 N–H and O–H groups in total. The van der Waals surface area contributed by atoms with Gasteiger partial charge >= 0.3 is 0 Å². The molecular formula is C28H31N5O3. The van der Waals surface area contributed by atoms with Gasteiger partial charge in [0.05, 0.1) is 25.5 Å². The largest absolute Gasteiger partial charge is 0.495 e. The van der Waals surface area contributed by atoms with Crippen LogP contribution in [0.2, 0.25) is 0 Å². The number of nitrogens with one attached hydrogen (secondary N) is 1. The summed E-state index contributed by atoms with van der Waals surface area (Å²) in [7, 11) is 1.69. The summed E-state index contributed by atoms with van der Waals surface area (Å²) in [6.07, 6.45) is 6.30. The van der Waals surface area contributed by atoms with Crippen LogP contribution in [0.25, 0.3) is 16.8 Å². The Hall–Kier alpha value is -3.62. The summed E-state index contributed by atoms with van der Waals surface area (Å²) in [5, 5.41) is 13.2. The van der Waals surface area contributed by atoms with E-state index in [-0.39, 0.29) is 6.10 Å². The second-order valence-electron chi connectivity index (χ2n) is 9.66. The highest BCUT2D eigenvalue weighted by Crippen LogP contribution is 2.37. The van der Waals surface area contributed by atoms with Gasteiger partial charge in [-0.1, -0.05) is 18.2 Å². The Morgan fingerprint density at radius 2 is 1.94 bits per heavy atom. The number of ether oxygens (including phenoxy) is 2. The molecule has 0 amide bonds. The molecule has 0 saturated heterocycles. The summed E-state index contributed by atoms with van der Waals surface area (Å²) in [6, 6.07) is 12.6. The average Bonchev–Trinajstić information content (AvgIpc) is 3.48. The van der Waals surface area contributed by atoms with Crippen molar-refractivity contribution in [3.8, 4) is 22.6 Å². The number of rotatable bonds is 6. The van der Waals surface area contributed by atoms with Crippen molar-refractivity contribution in [3.05, 3.63) is 65.6 Å². The minimum Gasteiger partial charge on any atom is -0.495 e. The number of methoxy groups -OCH3 is 1. The summed E-state index contributed by atoms with van der Waals surface area (Å²) in [5.41, 5.74) is 7.63. The van der Waals surface area contributed by atoms with E-state index in [1.807, 2.05) is 17.5 Å². The molecule has 2 aliphatic heterocycles. The van der Waals surface area contributed by atoms with E-state index in [0.29, 0.717) is 12.5 Å². The summed E-state index contributed by atoms with van der Waals surface area (Å²) in [6.45, 7) is 5.12. The Balaban J connectivity index is 1.27. The van der Waals surface area contributed by atoms with E-state index in [0.717, 1.165) is 72.9 Å². The second kappa shape index (κ2) is 9.44. The van der Waals surface area contributed by atoms with E-state index in [4.69, 9.17) is 14.5 Å². The van der Waals surface area contributed by atoms with E-state index in [1.165, 1.54) is 16.7 Å². The van der Waals surface area contributed by atoms with E-state index < -0.39 is 0 Å². The average molecular weight is 486 g/mol. The highest BCUT2D eigenvalue weighted by atomic mass is 16.5. The normalized spacial score (nSPS) is 16.2. The maximum absolute atomic E-state index is 9.79. The molecule has 2 aliphatic rings. The Kier molecular flexibility index (Phi) is 5.99. The zero-order valence-electron chi connectivity index (χ0n) is 20.7. The maximum atomic E-state index is 9.79. The molecule has 8 heteroatoms. The second-order valence-corrected chi connectivity index (χ2v) is 9.66. The van der Waals surface area contributed by atoms with Crippen molar-refractivity contribution >= 4 is 17.3 Å². The van der Waals surface area contributed by atoms with Gasteiger partial charge in [-0.2, -0.15) is 4.98 Å². The number of aromatic nitrogens is 3. The van der Waals surface area contributed by atoms with E-state index >= 15 is 0 Å². The van der Waals surface area contributed by atoms with Gasteiger partial charge in [0.2, 0.25) is 5.95 Å². The van der Waals surface area contributed by atoms with Crippen LogP contribution in [-0.2, 0) is 19.3 Å². The number of para-hydroxylation sites is 1. The molecule has 4 heterocycles. The van der Waals surface area contributed by atoms with Crippen LogP contribution in [0.5, 0.6) is 11.5 Å². The first-order chi connectivity index (χ1) is 17.6. The lowest BCUT2D eigenvalue weighted by molar-refractivity contribution is 0.129. The van der Waals surface area contributed by atoms with Gasteiger partial charge < -0.3 is 24.8 Å². The third kappa shape index (κ3) is 4.38. The molecule has 0 aliphatic carbocycles. The monoisotopic (exact) mass is 485 g/mol. The van der Waals surface area contributed by atoms with Gasteiger partial charge in [-0.3, -0.25) is 4.40 Å². The Labute approximate surface area is 210 Å². The molecule has 4 aromatic rings. The van der Waals surface area contributed by atoms with Gasteiger partial charge in [-0.05, 0) is 54.7 Å². The fourth-order valence-corrected chi connectivity index (χ4v) is 5.30. The van der Waals surface area contributed by atoms with Crippen molar-refractivity contribution < 1.29 is 14.6 Å². The van der Waals surface area contributed by atoms with Gasteiger partial charge in [0.1, 0.15) is 23.5 Å². The number of hydrogen-bond donors (Lipinski definition) is 2. The maximum Gasteiger partial charge on any atom is 0.230 e. The van der Waals surface area contributed by atoms with Crippen LogP contribution >= 0.6 is 0 Å². The molecule has 0 bridgehead atoms. The SMILES string of the molecule is COc1cc2c(cc1Nc1ncn3cc(-c4cccc5c4OCC5)cc3n1)CCN(C[C@@H](C)O)CC2. The number of aliphatic hydroxyl groups excluding tert-OH is 1. The van der Waals surface area contributed by atoms with Crippen molar-refractivity contribution in [2.24, 2.45) is 0 Å². The lowest BCUT2D eigenvalue weighted by Crippen LogP contribution is -2.33. The van der Waals surface area contributed by atoms with Crippen LogP contribution in [0.1, 0.15) is 23.6 Å². The van der Waals surface area contributed by atoms with Crippen molar-refractivity contribution in [1.82, 2.24) is 19.3 Å². The number of anilines is 2. The highest BCUT2D eigenvalue weighted by molar-refractivity contribution is 5.76. The van der Waals surface area contributed by atoms with E-state index in [2.05, 4.69) is 51.6 Å². The summed E-state index contributed by atoms with van der Waals surface area (Å²) < 4.78 is 13.5. The lowest BCUT2D eigenvalue weighted by atomic mass is 10.0. The predicted molar refractivity (Wildman–Crippen MR) is 139 cm³/mol. The van der Waals surface area contributed by atoms with Gasteiger partial charge in [-0.25, -0.2) is 4.98 Å². The minimum atomic E-state index is -0.324. The van der Waals surface area contributed by atoms with Gasteiger partial charge in [0.25, 0.3) is 0 Å². The Morgan fingerprint density at radius 1 is 1.11 bits per heavy atom. The smallest absolute Gasteiger partial charge is 0.230 e. The number of fused-ring (bicyclic) bond motifs is 3. The third-order valence-electron chi connectivity index (χ3n) is 7.06. The van der Waals surface area contributed by atoms with Crippen LogP contribution in [0.3, 0.4) is 0 Å². The van der Waals surface area contributed by atoms with Crippen molar-refractivity contribution in [1.29, 1.82) is 0 Å². The van der Waals surface area contributed by atoms with Gasteiger partial charge in [0.15, 0.2) is 0 Å². The molecule has 0 unspecified atom stereocenters. The first-order valence-electron chi connectivity index (χ1n) is 12.5. The fraction of sp³-hybridized carbons (Fsp3) is 0.357. The lowest BCUT2D eigenvalue weighted by Gasteiger charge is -2.20. The topological polar surface area (TPSA) is 84.2 Å². The molecule has 0 saturated carbocycles. The molecule has 2 aromatic carbocycles. The number of nitrogens with zero attached hydrogens (tertiary/aromatic N) is 4. The third-order valence-corrected chi connectivity index (χ3v) is 7.06. The molecule has 8 nitrogen and oxygen atoms in total. The predicted octanol–water partition coefficient (Wildman–Crippen LogP) is 3.86. The number of benzene rings is 2. The number of aliphatic hydroxyl groups is 1. The zero-order chi connectivity index (χ0) is 24.6. The van der Waals surface area contributed by atoms with Crippen LogP contribution in [-0.4, -0.2) is 63.8 Å². The molecule has 186 valence electrons. The molecule has 2 aromatic heterocycles. The zero-order valence-corrected chi connectivity index (χ0v) is 20.7. The molecule has 0 fully saturated rings. The molecule has 0 spiro atoms. The van der Waals surface area contributed by atoms with Crippen LogP contribution in [0.15, 0.2) is 48.9 Å². The number of β-amino-alcohol motifs (C(OH)–C–C–N with tert-alkyl or cyclic N) is 1. The van der Waals surface area contributed by atoms with Crippen LogP contribution < -0.4 is 14.8 Å². The Bertz CT molecular complexity index is 1410. The van der Waals surface area contributed by atoms with Gasteiger partial charge in [0, 0.05) is 43.4 Å². The van der Waals surface area contributed by atoms with Crippen molar-refractivity contribution in [3.63, 3.8) is 0 Å². The first kappa shape index (κ1) is 22.8. The van der Waals surface area contributed by atoms with Crippen LogP contribution in [0.4, 0.5) is 11.6 Å². The van der Waals surface area contributed by atoms with Crippen molar-refractivity contribution in [2.75, 3.05) is 38.7 Å². The van der Waals surface area contributed by atoms with E-state index in [1.54, 1.807) is 13.4 Å². The standard InChI is InChI=1S/C28H31N5O3/c1-18(34)15-32-9-6-20-12-24(25(35-2)13-21(20)7-10-32)30-28-29-17-33-16-22(14-26(33)31-28)23-5-3-4-19-8-11-36-27(19)23/h3-5,12-14,16-18,34H,6-11,15H2,1-2H3,(H,30,31)/t18-/m1/s1. The minimum absolute atomic E-state index is 0.324. The van der Waals surface area contributed by atoms with Crippen LogP contribution in [0, 0.1) is 0 Å². The highest BCUT2D eigenvalue weighted by Gasteiger charge is 2.20. The fourth-order valence-electron chi connectivity index (χ4n) is 5.30. The summed E-state index contributed by atoms with van der Waals surface area (Å²) in [4.78, 5) is 11.6. The molecular weight excluding hydrogens is 454 g/mol. The number of hydrogen-bond acceptors (Lipinski definition) is 7. The first-order valence-corrected chi connectivity index (χ1v) is 12.5. The summed E-state index contributed by atoms with van der Waals surface area (Å²) in [5.74, 6) is 2.26. The van der Waals surface area contributed by atoms with Gasteiger partial charge in [-0.15, -0.1) is 0 Å². The quantitative estimate of drug-likeness (QED) is 0.429. The molecule has 1 atom stereocenters. The molecule has 36 heavy (non-hydrogen) atoms.